The second-order valence-electron chi connectivity index (χ2n) is 8.43. The third-order valence-electron chi connectivity index (χ3n) is 5.95. The minimum Gasteiger partial charge on any atom is -0.507 e. The maximum atomic E-state index is 13.3. The molecule has 0 aliphatic carbocycles. The molecule has 1 aliphatic rings. The van der Waals surface area contributed by atoms with Crippen molar-refractivity contribution in [2.45, 2.75) is 33.7 Å². The molecule has 1 atom stereocenters. The van der Waals surface area contributed by atoms with Crippen LogP contribution in [0.5, 0.6) is 5.75 Å². The van der Waals surface area contributed by atoms with Crippen LogP contribution in [0.15, 0.2) is 60.4 Å². The Morgan fingerprint density at radius 2 is 1.58 bits per heavy atom. The van der Waals surface area contributed by atoms with Crippen LogP contribution < -0.4 is 9.64 Å². The predicted octanol–water partition coefficient (Wildman–Crippen LogP) is 4.95. The van der Waals surface area contributed by atoms with E-state index in [4.69, 9.17) is 4.74 Å². The molecular formula is C27H26N2O4. The molecule has 2 heterocycles. The molecule has 6 heteroatoms. The highest BCUT2D eigenvalue weighted by molar-refractivity contribution is 6.51. The highest BCUT2D eigenvalue weighted by Crippen LogP contribution is 2.43. The van der Waals surface area contributed by atoms with Gasteiger partial charge >= 0.3 is 0 Å². The Kier molecular flexibility index (Phi) is 5.77. The smallest absolute Gasteiger partial charge is 0.300 e. The second-order valence-corrected chi connectivity index (χ2v) is 8.43. The number of ether oxygens (including phenoxy) is 1. The summed E-state index contributed by atoms with van der Waals surface area (Å²) in [5, 5.41) is 11.4. The van der Waals surface area contributed by atoms with Crippen LogP contribution in [0.2, 0.25) is 0 Å². The van der Waals surface area contributed by atoms with E-state index in [2.05, 4.69) is 4.98 Å². The average molecular weight is 443 g/mol. The quantitative estimate of drug-likeness (QED) is 0.351. The fourth-order valence-electron chi connectivity index (χ4n) is 4.46. The van der Waals surface area contributed by atoms with Crippen molar-refractivity contribution >= 4 is 23.1 Å². The average Bonchev–Trinajstić information content (AvgIpc) is 3.05. The lowest BCUT2D eigenvalue weighted by atomic mass is 9.93. The van der Waals surface area contributed by atoms with Crippen LogP contribution in [0.3, 0.4) is 0 Å². The summed E-state index contributed by atoms with van der Waals surface area (Å²) in [5.74, 6) is -0.914. The Bertz CT molecular complexity index is 1270. The molecule has 33 heavy (non-hydrogen) atoms. The topological polar surface area (TPSA) is 79.7 Å². The predicted molar refractivity (Wildman–Crippen MR) is 127 cm³/mol. The number of ketones is 1. The summed E-state index contributed by atoms with van der Waals surface area (Å²) in [6.45, 7) is 7.58. The van der Waals surface area contributed by atoms with Gasteiger partial charge in [0, 0.05) is 23.6 Å². The van der Waals surface area contributed by atoms with E-state index in [9.17, 15) is 14.7 Å². The van der Waals surface area contributed by atoms with Gasteiger partial charge in [-0.15, -0.1) is 0 Å². The number of anilines is 1. The summed E-state index contributed by atoms with van der Waals surface area (Å²) in [5.41, 5.74) is 5.34. The number of pyridine rings is 1. The summed E-state index contributed by atoms with van der Waals surface area (Å²) >= 11 is 0. The number of hydrogen-bond acceptors (Lipinski definition) is 5. The molecule has 1 saturated heterocycles. The summed E-state index contributed by atoms with van der Waals surface area (Å²) < 4.78 is 5.38. The van der Waals surface area contributed by atoms with Gasteiger partial charge in [-0.3, -0.25) is 19.5 Å². The molecule has 4 rings (SSSR count). The number of Topliss-reactive ketones (excluding diaryl/α,β-unsaturated/α-hetero) is 1. The minimum absolute atomic E-state index is 0.0537. The largest absolute Gasteiger partial charge is 0.507 e. The van der Waals surface area contributed by atoms with Gasteiger partial charge in [-0.1, -0.05) is 6.07 Å². The van der Waals surface area contributed by atoms with Gasteiger partial charge in [-0.25, -0.2) is 0 Å². The molecule has 3 aromatic rings. The van der Waals surface area contributed by atoms with E-state index in [-0.39, 0.29) is 11.3 Å². The zero-order chi connectivity index (χ0) is 23.9. The first-order chi connectivity index (χ1) is 15.7. The zero-order valence-electron chi connectivity index (χ0n) is 19.3. The van der Waals surface area contributed by atoms with Crippen LogP contribution in [-0.4, -0.2) is 28.9 Å². The van der Waals surface area contributed by atoms with Gasteiger partial charge in [-0.2, -0.15) is 0 Å². The summed E-state index contributed by atoms with van der Waals surface area (Å²) in [7, 11) is 1.58. The first-order valence-corrected chi connectivity index (χ1v) is 10.7. The van der Waals surface area contributed by atoms with Gasteiger partial charge in [0.15, 0.2) is 0 Å². The summed E-state index contributed by atoms with van der Waals surface area (Å²) in [4.78, 5) is 32.2. The molecule has 1 aliphatic heterocycles. The maximum absolute atomic E-state index is 13.3. The Balaban J connectivity index is 1.98. The lowest BCUT2D eigenvalue weighted by molar-refractivity contribution is -0.132. The molecule has 1 unspecified atom stereocenters. The third kappa shape index (κ3) is 3.89. The zero-order valence-corrected chi connectivity index (χ0v) is 19.3. The fraction of sp³-hybridized carbons (Fsp3) is 0.222. The normalized spacial score (nSPS) is 17.5. The van der Waals surface area contributed by atoms with Crippen molar-refractivity contribution in [3.63, 3.8) is 0 Å². The Hall–Kier alpha value is -3.93. The van der Waals surface area contributed by atoms with E-state index in [0.29, 0.717) is 22.6 Å². The molecular weight excluding hydrogens is 416 g/mol. The van der Waals surface area contributed by atoms with Crippen LogP contribution in [0.25, 0.3) is 5.76 Å². The third-order valence-corrected chi connectivity index (χ3v) is 5.95. The van der Waals surface area contributed by atoms with E-state index < -0.39 is 17.7 Å². The number of carbonyl (C=O) groups is 2. The van der Waals surface area contributed by atoms with Gasteiger partial charge in [0.1, 0.15) is 11.5 Å². The van der Waals surface area contributed by atoms with Crippen molar-refractivity contribution in [3.05, 3.63) is 93.8 Å². The number of aryl methyl sites for hydroxylation is 4. The van der Waals surface area contributed by atoms with Crippen molar-refractivity contribution in [2.75, 3.05) is 12.0 Å². The molecule has 2 aromatic carbocycles. The number of aliphatic hydroxyl groups excluding tert-OH is 1. The van der Waals surface area contributed by atoms with Crippen molar-refractivity contribution in [1.82, 2.24) is 4.98 Å². The molecule has 1 aromatic heterocycles. The molecule has 0 radical (unpaired) electrons. The van der Waals surface area contributed by atoms with Crippen LogP contribution >= 0.6 is 0 Å². The monoisotopic (exact) mass is 442 g/mol. The fourth-order valence-corrected chi connectivity index (χ4v) is 4.46. The Labute approximate surface area is 193 Å². The first-order valence-electron chi connectivity index (χ1n) is 10.7. The number of aromatic nitrogens is 1. The van der Waals surface area contributed by atoms with E-state index in [0.717, 1.165) is 22.3 Å². The second kappa shape index (κ2) is 8.54. The van der Waals surface area contributed by atoms with Crippen LogP contribution in [0.4, 0.5) is 5.69 Å². The lowest BCUT2D eigenvalue weighted by Gasteiger charge is -2.26. The van der Waals surface area contributed by atoms with E-state index in [1.54, 1.807) is 37.7 Å². The number of benzene rings is 2. The van der Waals surface area contributed by atoms with Gasteiger partial charge in [0.2, 0.25) is 0 Å². The van der Waals surface area contributed by atoms with Gasteiger partial charge in [0.05, 0.1) is 18.7 Å². The Morgan fingerprint density at radius 1 is 0.939 bits per heavy atom. The van der Waals surface area contributed by atoms with Gasteiger partial charge in [-0.05, 0) is 91.9 Å². The molecule has 0 spiro atoms. The SMILES string of the molecule is COc1cc(C)c(/C(O)=C2\C(=O)C(=O)N(c3cc(C)cc(C)c3)C2c2ccncc2)cc1C. The minimum atomic E-state index is -0.781. The molecule has 168 valence electrons. The first kappa shape index (κ1) is 22.3. The van der Waals surface area contributed by atoms with Crippen LogP contribution in [0, 0.1) is 27.7 Å². The van der Waals surface area contributed by atoms with Gasteiger partial charge in [0.25, 0.3) is 11.7 Å². The number of amides is 1. The number of methoxy groups -OCH3 is 1. The molecule has 1 amide bonds. The molecule has 6 nitrogen and oxygen atoms in total. The van der Waals surface area contributed by atoms with Crippen LogP contribution in [0.1, 0.15) is 39.4 Å². The van der Waals surface area contributed by atoms with Crippen LogP contribution in [-0.2, 0) is 9.59 Å². The maximum Gasteiger partial charge on any atom is 0.300 e. The lowest BCUT2D eigenvalue weighted by Crippen LogP contribution is -2.29. The molecule has 1 fully saturated rings. The number of nitrogens with zero attached hydrogens (tertiary/aromatic N) is 2. The van der Waals surface area contributed by atoms with E-state index >= 15 is 0 Å². The van der Waals surface area contributed by atoms with Crippen molar-refractivity contribution in [3.8, 4) is 5.75 Å². The van der Waals surface area contributed by atoms with E-state index in [1.165, 1.54) is 4.90 Å². The number of hydrogen-bond donors (Lipinski definition) is 1. The molecule has 0 saturated carbocycles. The van der Waals surface area contributed by atoms with Gasteiger partial charge < -0.3 is 9.84 Å². The molecule has 0 bridgehead atoms. The number of rotatable bonds is 4. The highest BCUT2D eigenvalue weighted by Gasteiger charge is 2.47. The Morgan fingerprint density at radius 3 is 2.18 bits per heavy atom. The van der Waals surface area contributed by atoms with E-state index in [1.807, 2.05) is 52.0 Å². The highest BCUT2D eigenvalue weighted by atomic mass is 16.5. The van der Waals surface area contributed by atoms with Crippen molar-refractivity contribution in [1.29, 1.82) is 0 Å². The number of carbonyl (C=O) groups excluding carboxylic acids is 2. The van der Waals surface area contributed by atoms with Crippen molar-refractivity contribution in [2.24, 2.45) is 0 Å². The molecule has 1 N–H and O–H groups in total. The summed E-state index contributed by atoms with van der Waals surface area (Å²) in [6.07, 6.45) is 3.22. The summed E-state index contributed by atoms with van der Waals surface area (Å²) in [6, 6.07) is 12.1. The number of aliphatic hydroxyl groups is 1. The standard InChI is InChI=1S/C27H26N2O4/c1-15-10-16(2)12-20(11-15)29-24(19-6-8-28-9-7-19)23(26(31)27(29)32)25(30)21-13-18(4)22(33-5)14-17(21)3/h6-14,24,30H,1-5H3/b25-23+. The van der Waals surface area contributed by atoms with Crippen molar-refractivity contribution < 1.29 is 19.4 Å².